The molecular formula is C26H38BrCs2NO15. The molecule has 0 N–H and O–H groups in total. The number of halogens is 1. The minimum atomic E-state index is -1.26. The summed E-state index contributed by atoms with van der Waals surface area (Å²) in [5.74, 6) is -3.48. The molecule has 0 amide bonds. The summed E-state index contributed by atoms with van der Waals surface area (Å²) >= 11 is 3.28. The van der Waals surface area contributed by atoms with Crippen LogP contribution < -0.4 is 143 Å². The van der Waals surface area contributed by atoms with Gasteiger partial charge in [0, 0.05) is 25.7 Å². The molecule has 0 radical (unpaired) electrons. The second-order valence-corrected chi connectivity index (χ2v) is 10.4. The quantitative estimate of drug-likeness (QED) is 0.0581. The van der Waals surface area contributed by atoms with Crippen LogP contribution in [0.1, 0.15) is 49.4 Å². The van der Waals surface area contributed by atoms with Gasteiger partial charge < -0.3 is 44.7 Å². The van der Waals surface area contributed by atoms with Crippen molar-refractivity contribution in [3.63, 3.8) is 0 Å². The summed E-state index contributed by atoms with van der Waals surface area (Å²) in [5, 5.41) is 16.4. The Morgan fingerprint density at radius 2 is 1.22 bits per heavy atom. The van der Waals surface area contributed by atoms with Gasteiger partial charge in [0.2, 0.25) is 6.29 Å². The standard InChI is InChI=1S/C14H19NO7.C11H17BrO5.CH2O3.2Cs.H/c1-7-8(2)12(20-9(3)16)14(21-10(17)5-6-15)22-11(7)13(18)19-4;1-5-6(2)9(11(14)15-4)17-10(12)8(5)16-7(3)13;2-1-4-3;;;/h7-8,11-12,14H,5H2,1-4H3;5-6,8-10H,1-4H3;1,3H;;;/q;;;2*+1;-1/p-1. The molecule has 10 atom stereocenters. The smallest absolute Gasteiger partial charge is 1.00 e. The Morgan fingerprint density at radius 3 is 1.60 bits per heavy atom. The van der Waals surface area contributed by atoms with Gasteiger partial charge in [-0.25, -0.2) is 9.59 Å². The van der Waals surface area contributed by atoms with Gasteiger partial charge in [0.1, 0.15) is 12.5 Å². The fraction of sp³-hybridized carbons (Fsp3) is 0.731. The minimum absolute atomic E-state index is 0. The number of esters is 5. The molecule has 16 nitrogen and oxygen atoms in total. The third-order valence-electron chi connectivity index (χ3n) is 6.72. The topological polar surface area (TPSA) is 223 Å². The molecule has 2 aliphatic rings. The summed E-state index contributed by atoms with van der Waals surface area (Å²) in [6, 6.07) is 1.65. The maximum atomic E-state index is 11.8. The van der Waals surface area contributed by atoms with Crippen LogP contribution in [-0.4, -0.2) is 86.3 Å². The molecule has 246 valence electrons. The number of rotatable bonds is 7. The van der Waals surface area contributed by atoms with Gasteiger partial charge in [-0.3, -0.25) is 19.2 Å². The molecule has 10 unspecified atom stereocenters. The number of carbonyl (C=O) groups excluding carboxylic acids is 6. The molecule has 0 bridgehead atoms. The second kappa shape index (κ2) is 26.6. The van der Waals surface area contributed by atoms with Gasteiger partial charge in [0.15, 0.2) is 23.3 Å². The first-order valence-corrected chi connectivity index (χ1v) is 13.8. The maximum absolute atomic E-state index is 11.8. The van der Waals surface area contributed by atoms with Gasteiger partial charge >= 0.3 is 168 Å². The van der Waals surface area contributed by atoms with Crippen LogP contribution in [0.15, 0.2) is 0 Å². The van der Waals surface area contributed by atoms with Crippen LogP contribution in [0.2, 0.25) is 0 Å². The molecule has 45 heavy (non-hydrogen) atoms. The number of carbonyl (C=O) groups is 6. The first-order valence-electron chi connectivity index (χ1n) is 12.8. The van der Waals surface area contributed by atoms with Gasteiger partial charge in [0.05, 0.1) is 20.3 Å². The van der Waals surface area contributed by atoms with Crippen molar-refractivity contribution in [2.75, 3.05) is 14.2 Å². The summed E-state index contributed by atoms with van der Waals surface area (Å²) in [7, 11) is 2.54. The number of nitriles is 1. The van der Waals surface area contributed by atoms with E-state index < -0.39 is 66.0 Å². The molecule has 2 aliphatic heterocycles. The molecule has 0 spiro atoms. The van der Waals surface area contributed by atoms with Gasteiger partial charge in [0.25, 0.3) is 6.47 Å². The van der Waals surface area contributed by atoms with Crippen molar-refractivity contribution < 1.29 is 211 Å². The van der Waals surface area contributed by atoms with Crippen LogP contribution in [0.4, 0.5) is 0 Å². The molecule has 0 aliphatic carbocycles. The molecule has 19 heteroatoms. The van der Waals surface area contributed by atoms with Crippen molar-refractivity contribution in [2.24, 2.45) is 23.7 Å². The van der Waals surface area contributed by atoms with E-state index in [1.165, 1.54) is 28.1 Å². The summed E-state index contributed by atoms with van der Waals surface area (Å²) in [6.45, 7) is 9.69. The number of methoxy groups -OCH3 is 2. The number of nitrogens with zero attached hydrogens (tertiary/aromatic N) is 1. The van der Waals surface area contributed by atoms with Crippen LogP contribution in [0.3, 0.4) is 0 Å². The van der Waals surface area contributed by atoms with Gasteiger partial charge in [-0.15, -0.1) is 0 Å². The Labute approximate surface area is 389 Å². The van der Waals surface area contributed by atoms with Gasteiger partial charge in [-0.1, -0.05) is 43.6 Å². The summed E-state index contributed by atoms with van der Waals surface area (Å²) < 4.78 is 35.6. The maximum Gasteiger partial charge on any atom is 1.00 e. The van der Waals surface area contributed by atoms with Crippen LogP contribution in [0, 0.1) is 35.0 Å². The first-order chi connectivity index (χ1) is 20.1. The molecule has 0 aromatic heterocycles. The Bertz CT molecular complexity index is 1020. The SMILES string of the molecule is COC(=O)C1OC(Br)C(OC(C)=O)C(C)C1C.COC(=O)C1OC(OC(=O)CC#N)C(OC(C)=O)C(C)C1C.O=CO[O-].[Cs+].[Cs+].[H-]. The zero-order valence-electron chi connectivity index (χ0n) is 28.0. The second-order valence-electron chi connectivity index (χ2n) is 9.48. The van der Waals surface area contributed by atoms with E-state index in [-0.39, 0.29) is 175 Å². The summed E-state index contributed by atoms with van der Waals surface area (Å²) in [4.78, 5) is 68.2. The number of alkyl halides is 1. The molecule has 0 saturated carbocycles. The predicted molar refractivity (Wildman–Crippen MR) is 143 cm³/mol. The van der Waals surface area contributed by atoms with Crippen LogP contribution in [-0.2, 0) is 66.8 Å². The van der Waals surface area contributed by atoms with Crippen molar-refractivity contribution in [1.82, 2.24) is 0 Å². The third-order valence-corrected chi connectivity index (χ3v) is 7.45. The van der Waals surface area contributed by atoms with E-state index in [4.69, 9.17) is 39.0 Å². The number of ether oxygens (including phenoxy) is 7. The fourth-order valence-electron chi connectivity index (χ4n) is 4.13. The molecular weight excluding hydrogens is 912 g/mol. The zero-order chi connectivity index (χ0) is 33.4. The molecule has 0 aromatic rings. The summed E-state index contributed by atoms with van der Waals surface area (Å²) in [5.41, 5.74) is 0. The van der Waals surface area contributed by atoms with Crippen molar-refractivity contribution in [1.29, 1.82) is 5.26 Å². The van der Waals surface area contributed by atoms with Crippen molar-refractivity contribution in [2.45, 2.75) is 83.7 Å². The zero-order valence-corrected chi connectivity index (χ0v) is 41.2. The average Bonchev–Trinajstić information content (AvgIpc) is 2.96. The Kier molecular flexibility index (Phi) is 29.7. The van der Waals surface area contributed by atoms with E-state index >= 15 is 0 Å². The van der Waals surface area contributed by atoms with E-state index in [1.807, 2.05) is 13.8 Å². The minimum Gasteiger partial charge on any atom is -1.00 e. The Balaban J connectivity index is -0.000000331. The van der Waals surface area contributed by atoms with E-state index in [0.717, 1.165) is 0 Å². The van der Waals surface area contributed by atoms with E-state index in [0.29, 0.717) is 0 Å². The van der Waals surface area contributed by atoms with E-state index in [9.17, 15) is 24.0 Å². The van der Waals surface area contributed by atoms with Gasteiger partial charge in [-0.2, -0.15) is 5.26 Å². The first kappa shape index (κ1) is 50.2. The normalized spacial score (nSPS) is 29.6. The summed E-state index contributed by atoms with van der Waals surface area (Å²) in [6.07, 6.45) is -4.59. The third kappa shape index (κ3) is 17.3. The average molecular weight is 950 g/mol. The van der Waals surface area contributed by atoms with Crippen molar-refractivity contribution >= 4 is 52.2 Å². The molecule has 2 heterocycles. The van der Waals surface area contributed by atoms with Crippen LogP contribution >= 0.6 is 15.9 Å². The monoisotopic (exact) mass is 949 g/mol. The van der Waals surface area contributed by atoms with E-state index in [2.05, 4.69) is 30.3 Å². The Morgan fingerprint density at radius 1 is 0.822 bits per heavy atom. The molecule has 2 rings (SSSR count). The fourth-order valence-corrected chi connectivity index (χ4v) is 4.96. The predicted octanol–water partition coefficient (Wildman–Crippen LogP) is -5.42. The van der Waals surface area contributed by atoms with Gasteiger partial charge in [-0.05, 0) is 11.8 Å². The van der Waals surface area contributed by atoms with E-state index in [1.54, 1.807) is 19.9 Å². The van der Waals surface area contributed by atoms with Crippen LogP contribution in [0.5, 0.6) is 0 Å². The van der Waals surface area contributed by atoms with Crippen molar-refractivity contribution in [3.8, 4) is 6.07 Å². The Hall–Kier alpha value is 0.774. The van der Waals surface area contributed by atoms with Crippen molar-refractivity contribution in [3.05, 3.63) is 0 Å². The largest absolute Gasteiger partial charge is 1.00 e. The van der Waals surface area contributed by atoms with Crippen LogP contribution in [0.25, 0.3) is 0 Å². The number of hydrogen-bond acceptors (Lipinski definition) is 16. The number of hydrogen-bond donors (Lipinski definition) is 0. The molecule has 2 fully saturated rings. The molecule has 2 saturated heterocycles. The molecule has 0 aromatic carbocycles.